The lowest BCUT2D eigenvalue weighted by Gasteiger charge is -2.33. The molecule has 0 unspecified atom stereocenters. The van der Waals surface area contributed by atoms with Crippen LogP contribution in [0.15, 0.2) is 42.5 Å². The van der Waals surface area contributed by atoms with Crippen molar-refractivity contribution in [2.45, 2.75) is 27.2 Å². The Morgan fingerprint density at radius 2 is 1.41 bits per heavy atom. The molecule has 0 aliphatic carbocycles. The van der Waals surface area contributed by atoms with Crippen LogP contribution in [0.5, 0.6) is 5.75 Å². The van der Waals surface area contributed by atoms with E-state index in [1.165, 1.54) is 0 Å². The van der Waals surface area contributed by atoms with E-state index in [0.717, 1.165) is 49.4 Å². The second-order valence-electron chi connectivity index (χ2n) is 8.26. The highest BCUT2D eigenvalue weighted by Crippen LogP contribution is 2.24. The van der Waals surface area contributed by atoms with E-state index >= 15 is 0 Å². The van der Waals surface area contributed by atoms with Crippen LogP contribution in [0.25, 0.3) is 0 Å². The number of piperazine rings is 1. The number of nitrogens with zero attached hydrogens (tertiary/aromatic N) is 2. The minimum atomic E-state index is -0.0567. The number of ether oxygens (including phenoxy) is 1. The summed E-state index contributed by atoms with van der Waals surface area (Å²) in [6.07, 6.45) is 0.912. The fraction of sp³-hybridized carbons (Fsp3) is 0.440. The summed E-state index contributed by atoms with van der Waals surface area (Å²) in [6, 6.07) is 13.5. The van der Waals surface area contributed by atoms with Crippen molar-refractivity contribution < 1.29 is 14.3 Å². The average molecular weight is 439 g/mol. The number of benzene rings is 2. The SMILES string of the molecule is CCCOc1ccccc1NC(=O)CN1CCN(CC(=O)Nc2c(C)cccc2C)CC1. The first-order valence-electron chi connectivity index (χ1n) is 11.3. The second-order valence-corrected chi connectivity index (χ2v) is 8.26. The van der Waals surface area contributed by atoms with Gasteiger partial charge in [-0.15, -0.1) is 0 Å². The van der Waals surface area contributed by atoms with E-state index in [0.29, 0.717) is 31.1 Å². The van der Waals surface area contributed by atoms with Crippen LogP contribution in [0, 0.1) is 13.8 Å². The molecular weight excluding hydrogens is 404 g/mol. The van der Waals surface area contributed by atoms with Crippen LogP contribution in [0.2, 0.25) is 0 Å². The van der Waals surface area contributed by atoms with Gasteiger partial charge in [0, 0.05) is 31.9 Å². The highest BCUT2D eigenvalue weighted by atomic mass is 16.5. The van der Waals surface area contributed by atoms with Crippen LogP contribution >= 0.6 is 0 Å². The highest BCUT2D eigenvalue weighted by Gasteiger charge is 2.21. The van der Waals surface area contributed by atoms with Gasteiger partial charge in [-0.1, -0.05) is 37.3 Å². The van der Waals surface area contributed by atoms with Crippen molar-refractivity contribution >= 4 is 23.2 Å². The zero-order valence-corrected chi connectivity index (χ0v) is 19.3. The molecule has 2 amide bonds. The molecule has 0 saturated carbocycles. The van der Waals surface area contributed by atoms with E-state index in [2.05, 4.69) is 20.4 Å². The van der Waals surface area contributed by atoms with E-state index in [-0.39, 0.29) is 11.8 Å². The number of hydrogen-bond donors (Lipinski definition) is 2. The Morgan fingerprint density at radius 1 is 0.844 bits per heavy atom. The van der Waals surface area contributed by atoms with Crippen molar-refractivity contribution in [2.75, 3.05) is 56.5 Å². The first-order chi connectivity index (χ1) is 15.5. The number of carbonyl (C=O) groups is 2. The molecule has 0 radical (unpaired) electrons. The third kappa shape index (κ3) is 6.80. The molecule has 0 bridgehead atoms. The summed E-state index contributed by atoms with van der Waals surface area (Å²) in [4.78, 5) is 29.3. The number of rotatable bonds is 9. The topological polar surface area (TPSA) is 73.9 Å². The molecule has 2 aromatic rings. The van der Waals surface area contributed by atoms with Gasteiger partial charge >= 0.3 is 0 Å². The summed E-state index contributed by atoms with van der Waals surface area (Å²) in [5.74, 6) is 0.637. The van der Waals surface area contributed by atoms with Crippen molar-refractivity contribution in [3.63, 3.8) is 0 Å². The number of amides is 2. The largest absolute Gasteiger partial charge is 0.491 e. The summed E-state index contributed by atoms with van der Waals surface area (Å²) < 4.78 is 5.71. The normalized spacial score (nSPS) is 14.7. The summed E-state index contributed by atoms with van der Waals surface area (Å²) in [7, 11) is 0. The Morgan fingerprint density at radius 3 is 2.00 bits per heavy atom. The number of hydrogen-bond acceptors (Lipinski definition) is 5. The van der Waals surface area contributed by atoms with E-state index in [1.807, 2.05) is 63.2 Å². The summed E-state index contributed by atoms with van der Waals surface area (Å²) >= 11 is 0. The van der Waals surface area contributed by atoms with E-state index in [9.17, 15) is 9.59 Å². The zero-order chi connectivity index (χ0) is 22.9. The molecule has 32 heavy (non-hydrogen) atoms. The van der Waals surface area contributed by atoms with Crippen molar-refractivity contribution in [2.24, 2.45) is 0 Å². The fourth-order valence-electron chi connectivity index (χ4n) is 3.80. The quantitative estimate of drug-likeness (QED) is 0.629. The third-order valence-electron chi connectivity index (χ3n) is 5.57. The number of anilines is 2. The van der Waals surface area contributed by atoms with Gasteiger partial charge in [-0.2, -0.15) is 0 Å². The van der Waals surface area contributed by atoms with Crippen LogP contribution in [0.4, 0.5) is 11.4 Å². The lowest BCUT2D eigenvalue weighted by molar-refractivity contribution is -0.120. The van der Waals surface area contributed by atoms with Gasteiger partial charge in [0.25, 0.3) is 0 Å². The Balaban J connectivity index is 1.43. The fourth-order valence-corrected chi connectivity index (χ4v) is 3.80. The summed E-state index contributed by atoms with van der Waals surface area (Å²) in [5, 5.41) is 6.01. The van der Waals surface area contributed by atoms with Crippen molar-refractivity contribution in [3.05, 3.63) is 53.6 Å². The maximum Gasteiger partial charge on any atom is 0.238 e. The minimum Gasteiger partial charge on any atom is -0.491 e. The average Bonchev–Trinajstić information content (AvgIpc) is 2.77. The van der Waals surface area contributed by atoms with Crippen LogP contribution in [0.3, 0.4) is 0 Å². The number of nitrogens with one attached hydrogen (secondary N) is 2. The van der Waals surface area contributed by atoms with Gasteiger partial charge in [-0.25, -0.2) is 0 Å². The zero-order valence-electron chi connectivity index (χ0n) is 19.3. The van der Waals surface area contributed by atoms with Crippen LogP contribution in [-0.2, 0) is 9.59 Å². The van der Waals surface area contributed by atoms with Crippen molar-refractivity contribution in [3.8, 4) is 5.75 Å². The van der Waals surface area contributed by atoms with Gasteiger partial charge in [0.1, 0.15) is 5.75 Å². The Kier molecular flexibility index (Phi) is 8.64. The van der Waals surface area contributed by atoms with Gasteiger partial charge in [0.15, 0.2) is 0 Å². The molecule has 2 N–H and O–H groups in total. The van der Waals surface area contributed by atoms with Crippen molar-refractivity contribution in [1.82, 2.24) is 9.80 Å². The molecule has 7 heteroatoms. The molecular formula is C25H34N4O3. The molecule has 1 aliphatic heterocycles. The van der Waals surface area contributed by atoms with E-state index in [4.69, 9.17) is 4.74 Å². The molecule has 0 atom stereocenters. The van der Waals surface area contributed by atoms with Gasteiger partial charge in [-0.3, -0.25) is 19.4 Å². The number of carbonyl (C=O) groups excluding carboxylic acids is 2. The first-order valence-corrected chi connectivity index (χ1v) is 11.3. The van der Waals surface area contributed by atoms with Crippen LogP contribution in [0.1, 0.15) is 24.5 Å². The first kappa shape index (κ1) is 23.8. The maximum atomic E-state index is 12.5. The van der Waals surface area contributed by atoms with Crippen molar-refractivity contribution in [1.29, 1.82) is 0 Å². The molecule has 3 rings (SSSR count). The molecule has 1 aliphatic rings. The predicted molar refractivity (Wildman–Crippen MR) is 128 cm³/mol. The molecule has 1 fully saturated rings. The molecule has 1 saturated heterocycles. The monoisotopic (exact) mass is 438 g/mol. The molecule has 1 heterocycles. The minimum absolute atomic E-state index is 0.00252. The highest BCUT2D eigenvalue weighted by molar-refractivity contribution is 5.94. The Hall–Kier alpha value is -2.90. The van der Waals surface area contributed by atoms with Gasteiger partial charge in [-0.05, 0) is 43.5 Å². The Labute approximate surface area is 190 Å². The third-order valence-corrected chi connectivity index (χ3v) is 5.57. The van der Waals surface area contributed by atoms with Crippen LogP contribution < -0.4 is 15.4 Å². The summed E-state index contributed by atoms with van der Waals surface area (Å²) in [5.41, 5.74) is 3.73. The van der Waals surface area contributed by atoms with E-state index < -0.39 is 0 Å². The molecule has 0 spiro atoms. The lowest BCUT2D eigenvalue weighted by Crippen LogP contribution is -2.50. The molecule has 0 aromatic heterocycles. The van der Waals surface area contributed by atoms with Gasteiger partial charge in [0.05, 0.1) is 25.4 Å². The standard InChI is InChI=1S/C25H34N4O3/c1-4-16-32-22-11-6-5-10-21(22)26-23(30)17-28-12-14-29(15-13-28)18-24(31)27-25-19(2)8-7-9-20(25)3/h5-11H,4,12-18H2,1-3H3,(H,26,30)(H,27,31). The second kappa shape index (κ2) is 11.6. The Bertz CT molecular complexity index is 903. The van der Waals surface area contributed by atoms with Gasteiger partial charge < -0.3 is 15.4 Å². The molecule has 7 nitrogen and oxygen atoms in total. The van der Waals surface area contributed by atoms with Crippen LogP contribution in [-0.4, -0.2) is 67.5 Å². The smallest absolute Gasteiger partial charge is 0.238 e. The van der Waals surface area contributed by atoms with Gasteiger partial charge in [0.2, 0.25) is 11.8 Å². The van der Waals surface area contributed by atoms with E-state index in [1.54, 1.807) is 0 Å². The molecule has 2 aromatic carbocycles. The summed E-state index contributed by atoms with van der Waals surface area (Å²) in [6.45, 7) is 10.4. The predicted octanol–water partition coefficient (Wildman–Crippen LogP) is 3.29. The number of aryl methyl sites for hydroxylation is 2. The number of para-hydroxylation sites is 3. The maximum absolute atomic E-state index is 12.5. The lowest BCUT2D eigenvalue weighted by atomic mass is 10.1. The molecule has 172 valence electrons.